The zero-order valence-electron chi connectivity index (χ0n) is 10.5. The minimum Gasteiger partial charge on any atom is -0.446 e. The summed E-state index contributed by atoms with van der Waals surface area (Å²) < 4.78 is 31.5. The van der Waals surface area contributed by atoms with Gasteiger partial charge in [0.05, 0.1) is 0 Å². The van der Waals surface area contributed by atoms with Gasteiger partial charge in [0.2, 0.25) is 5.09 Å². The second kappa shape index (κ2) is 5.03. The van der Waals surface area contributed by atoms with Crippen LogP contribution in [0.2, 0.25) is 0 Å². The second-order valence-corrected chi connectivity index (χ2v) is 6.65. The van der Waals surface area contributed by atoms with Gasteiger partial charge in [-0.05, 0) is 36.8 Å². The predicted molar refractivity (Wildman–Crippen MR) is 66.4 cm³/mol. The van der Waals surface area contributed by atoms with Crippen LogP contribution >= 0.6 is 0 Å². The zero-order chi connectivity index (χ0) is 13.2. The van der Waals surface area contributed by atoms with E-state index in [0.29, 0.717) is 6.54 Å². The van der Waals surface area contributed by atoms with Gasteiger partial charge in [-0.1, -0.05) is 13.3 Å². The topological polar surface area (TPSA) is 79.5 Å². The lowest BCUT2D eigenvalue weighted by Crippen LogP contribution is -2.30. The Labute approximate surface area is 107 Å². The van der Waals surface area contributed by atoms with E-state index in [9.17, 15) is 8.42 Å². The maximum atomic E-state index is 12.0. The van der Waals surface area contributed by atoms with Crippen molar-refractivity contribution in [3.8, 4) is 0 Å². The number of aliphatic hydroxyl groups excluding tert-OH is 1. The van der Waals surface area contributed by atoms with Crippen LogP contribution in [-0.2, 0) is 16.6 Å². The quantitative estimate of drug-likeness (QED) is 0.791. The molecule has 1 fully saturated rings. The highest BCUT2D eigenvalue weighted by molar-refractivity contribution is 7.89. The van der Waals surface area contributed by atoms with Crippen LogP contribution in [-0.4, -0.2) is 20.1 Å². The largest absolute Gasteiger partial charge is 0.446 e. The Kier molecular flexibility index (Phi) is 3.79. The molecule has 0 saturated heterocycles. The first-order valence-electron chi connectivity index (χ1n) is 6.21. The lowest BCUT2D eigenvalue weighted by molar-refractivity contribution is 0.236. The van der Waals surface area contributed by atoms with Gasteiger partial charge >= 0.3 is 0 Å². The van der Waals surface area contributed by atoms with Gasteiger partial charge in [-0.25, -0.2) is 13.1 Å². The molecule has 1 aliphatic rings. The maximum absolute atomic E-state index is 12.0. The molecule has 1 aromatic rings. The fourth-order valence-corrected chi connectivity index (χ4v) is 3.23. The van der Waals surface area contributed by atoms with Crippen molar-refractivity contribution in [3.63, 3.8) is 0 Å². The first-order chi connectivity index (χ1) is 8.51. The molecule has 0 spiro atoms. The highest BCUT2D eigenvalue weighted by Crippen LogP contribution is 2.49. The van der Waals surface area contributed by atoms with E-state index in [1.54, 1.807) is 0 Å². The molecule has 0 bridgehead atoms. The van der Waals surface area contributed by atoms with Gasteiger partial charge in [0.25, 0.3) is 10.0 Å². The summed E-state index contributed by atoms with van der Waals surface area (Å²) >= 11 is 0. The van der Waals surface area contributed by atoms with E-state index >= 15 is 0 Å². The van der Waals surface area contributed by atoms with E-state index in [1.807, 2.05) is 0 Å². The molecule has 6 heteroatoms. The first-order valence-corrected chi connectivity index (χ1v) is 7.69. The number of hydrogen-bond acceptors (Lipinski definition) is 4. The third kappa shape index (κ3) is 2.93. The van der Waals surface area contributed by atoms with Crippen LogP contribution in [0.4, 0.5) is 0 Å². The molecule has 0 unspecified atom stereocenters. The van der Waals surface area contributed by atoms with Crippen LogP contribution in [0.25, 0.3) is 0 Å². The monoisotopic (exact) mass is 273 g/mol. The second-order valence-electron chi connectivity index (χ2n) is 4.95. The summed E-state index contributed by atoms with van der Waals surface area (Å²) in [6.07, 6.45) is 4.29. The van der Waals surface area contributed by atoms with Gasteiger partial charge < -0.3 is 9.52 Å². The van der Waals surface area contributed by atoms with Crippen LogP contribution in [0.3, 0.4) is 0 Å². The van der Waals surface area contributed by atoms with E-state index in [1.165, 1.54) is 12.1 Å². The smallest absolute Gasteiger partial charge is 0.273 e. The van der Waals surface area contributed by atoms with Gasteiger partial charge in [0, 0.05) is 6.54 Å². The third-order valence-corrected chi connectivity index (χ3v) is 4.71. The lowest BCUT2D eigenvalue weighted by atomic mass is 10.0. The molecule has 0 radical (unpaired) electrons. The van der Waals surface area contributed by atoms with Crippen LogP contribution in [0.5, 0.6) is 0 Å². The van der Waals surface area contributed by atoms with Crippen LogP contribution < -0.4 is 4.72 Å². The van der Waals surface area contributed by atoms with Crippen LogP contribution in [0, 0.1) is 5.41 Å². The maximum Gasteiger partial charge on any atom is 0.273 e. The first kappa shape index (κ1) is 13.6. The Hall–Kier alpha value is -0.850. The normalized spacial score (nSPS) is 17.9. The van der Waals surface area contributed by atoms with Crippen molar-refractivity contribution >= 4 is 10.0 Å². The highest BCUT2D eigenvalue weighted by Gasteiger charge is 2.42. The molecule has 2 rings (SSSR count). The SMILES string of the molecule is CCCC1(CNS(=O)(=O)c2ccc(CO)o2)CC1. The Morgan fingerprint density at radius 3 is 2.67 bits per heavy atom. The van der Waals surface area contributed by atoms with Crippen molar-refractivity contribution in [1.82, 2.24) is 4.72 Å². The summed E-state index contributed by atoms with van der Waals surface area (Å²) in [7, 11) is -3.59. The zero-order valence-corrected chi connectivity index (χ0v) is 11.3. The molecule has 18 heavy (non-hydrogen) atoms. The molecule has 1 heterocycles. The van der Waals surface area contributed by atoms with Gasteiger partial charge in [-0.3, -0.25) is 0 Å². The Balaban J connectivity index is 1.99. The number of hydrogen-bond donors (Lipinski definition) is 2. The van der Waals surface area contributed by atoms with Crippen molar-refractivity contribution in [3.05, 3.63) is 17.9 Å². The molecule has 1 saturated carbocycles. The molecule has 0 aliphatic heterocycles. The van der Waals surface area contributed by atoms with E-state index in [-0.39, 0.29) is 22.9 Å². The molecule has 5 nitrogen and oxygen atoms in total. The van der Waals surface area contributed by atoms with Gasteiger partial charge in [-0.15, -0.1) is 0 Å². The molecular weight excluding hydrogens is 254 g/mol. The fourth-order valence-electron chi connectivity index (χ4n) is 2.13. The van der Waals surface area contributed by atoms with E-state index in [4.69, 9.17) is 9.52 Å². The van der Waals surface area contributed by atoms with E-state index in [0.717, 1.165) is 25.7 Å². The minimum absolute atomic E-state index is 0.126. The van der Waals surface area contributed by atoms with Crippen molar-refractivity contribution in [2.24, 2.45) is 5.41 Å². The summed E-state index contributed by atoms with van der Waals surface area (Å²) in [6.45, 7) is 2.28. The molecular formula is C12H19NO4S. The van der Waals surface area contributed by atoms with Crippen molar-refractivity contribution in [2.75, 3.05) is 6.54 Å². The molecule has 0 aromatic carbocycles. The average molecular weight is 273 g/mol. The van der Waals surface area contributed by atoms with Crippen molar-refractivity contribution in [1.29, 1.82) is 0 Å². The fraction of sp³-hybridized carbons (Fsp3) is 0.667. The van der Waals surface area contributed by atoms with Gasteiger partial charge in [0.15, 0.2) is 0 Å². The summed E-state index contributed by atoms with van der Waals surface area (Å²) in [5, 5.41) is 8.72. The van der Waals surface area contributed by atoms with Crippen LogP contribution in [0.1, 0.15) is 38.4 Å². The van der Waals surface area contributed by atoms with Gasteiger partial charge in [-0.2, -0.15) is 0 Å². The number of sulfonamides is 1. The Morgan fingerprint density at radius 1 is 1.44 bits per heavy atom. The Bertz CT molecular complexity index is 502. The van der Waals surface area contributed by atoms with Crippen molar-refractivity contribution in [2.45, 2.75) is 44.3 Å². The summed E-state index contributed by atoms with van der Waals surface area (Å²) in [5.74, 6) is 0.255. The number of nitrogens with one attached hydrogen (secondary N) is 1. The lowest BCUT2D eigenvalue weighted by Gasteiger charge is -2.14. The molecule has 102 valence electrons. The van der Waals surface area contributed by atoms with Crippen molar-refractivity contribution < 1.29 is 17.9 Å². The molecule has 0 amide bonds. The molecule has 2 N–H and O–H groups in total. The average Bonchev–Trinajstić information content (AvgIpc) is 2.93. The third-order valence-electron chi connectivity index (χ3n) is 3.43. The molecule has 1 aliphatic carbocycles. The Morgan fingerprint density at radius 2 is 2.17 bits per heavy atom. The molecule has 0 atom stereocenters. The summed E-state index contributed by atoms with van der Waals surface area (Å²) in [4.78, 5) is 0. The number of aliphatic hydroxyl groups is 1. The van der Waals surface area contributed by atoms with E-state index in [2.05, 4.69) is 11.6 Å². The van der Waals surface area contributed by atoms with Crippen LogP contribution in [0.15, 0.2) is 21.6 Å². The summed E-state index contributed by atoms with van der Waals surface area (Å²) in [6, 6.07) is 2.83. The molecule has 1 aromatic heterocycles. The predicted octanol–water partition coefficient (Wildman–Crippen LogP) is 1.63. The number of rotatable bonds is 7. The van der Waals surface area contributed by atoms with E-state index < -0.39 is 10.0 Å². The minimum atomic E-state index is -3.59. The number of furan rings is 1. The van der Waals surface area contributed by atoms with Gasteiger partial charge in [0.1, 0.15) is 12.4 Å². The standard InChI is InChI=1S/C12H19NO4S/c1-2-5-12(6-7-12)9-13-18(15,16)11-4-3-10(8-14)17-11/h3-4,13-14H,2,5-9H2,1H3. The highest BCUT2D eigenvalue weighted by atomic mass is 32.2. The summed E-state index contributed by atoms with van der Waals surface area (Å²) in [5.41, 5.74) is 0.161.